The van der Waals surface area contributed by atoms with Crippen molar-refractivity contribution >= 4 is 34.1 Å². The number of hydrogen-bond acceptors (Lipinski definition) is 6. The molecule has 1 aliphatic rings. The Kier molecular flexibility index (Phi) is 5.04. The third kappa shape index (κ3) is 3.82. The number of thioether (sulfide) groups is 1. The van der Waals surface area contributed by atoms with Crippen LogP contribution in [0.15, 0.2) is 0 Å². The van der Waals surface area contributed by atoms with Crippen molar-refractivity contribution in [3.63, 3.8) is 0 Å². The Morgan fingerprint density at radius 1 is 1.37 bits per heavy atom. The summed E-state index contributed by atoms with van der Waals surface area (Å²) in [5.74, 6) is 0.0149. The first-order chi connectivity index (χ1) is 9.10. The first-order valence-electron chi connectivity index (χ1n) is 6.62. The monoisotopic (exact) mass is 300 g/mol. The number of carbonyl (C=O) groups is 1. The highest BCUT2D eigenvalue weighted by Crippen LogP contribution is 2.26. The summed E-state index contributed by atoms with van der Waals surface area (Å²) >= 11 is 3.28. The van der Waals surface area contributed by atoms with E-state index in [0.717, 1.165) is 31.2 Å². The van der Waals surface area contributed by atoms with Gasteiger partial charge in [0.25, 0.3) is 5.91 Å². The lowest BCUT2D eigenvalue weighted by atomic mass is 10.3. The zero-order chi connectivity index (χ0) is 13.8. The standard InChI is InChI=1S/C12H20N4OS2/c1-4-5-13-12-15-14-10(19-12)11(17)16-6-8(2)18-9(3)7-16/h8-9H,4-7H2,1-3H3,(H,13,15). The van der Waals surface area contributed by atoms with Gasteiger partial charge in [-0.15, -0.1) is 10.2 Å². The van der Waals surface area contributed by atoms with Gasteiger partial charge < -0.3 is 10.2 Å². The number of nitrogens with one attached hydrogen (secondary N) is 1. The molecule has 0 aliphatic carbocycles. The molecule has 5 nitrogen and oxygen atoms in total. The molecule has 0 spiro atoms. The van der Waals surface area contributed by atoms with Crippen LogP contribution in [0.2, 0.25) is 0 Å². The van der Waals surface area contributed by atoms with Crippen LogP contribution in [0.5, 0.6) is 0 Å². The molecule has 19 heavy (non-hydrogen) atoms. The molecule has 1 saturated heterocycles. The highest BCUT2D eigenvalue weighted by molar-refractivity contribution is 8.00. The molecule has 2 heterocycles. The Morgan fingerprint density at radius 2 is 2.05 bits per heavy atom. The van der Waals surface area contributed by atoms with Gasteiger partial charge >= 0.3 is 0 Å². The Bertz CT molecular complexity index is 427. The molecule has 1 aliphatic heterocycles. The van der Waals surface area contributed by atoms with Crippen LogP contribution in [-0.2, 0) is 0 Å². The Balaban J connectivity index is 2.00. The van der Waals surface area contributed by atoms with Crippen LogP contribution in [0.3, 0.4) is 0 Å². The lowest BCUT2D eigenvalue weighted by Gasteiger charge is -2.33. The molecule has 1 N–H and O–H groups in total. The number of nitrogens with zero attached hydrogens (tertiary/aromatic N) is 3. The van der Waals surface area contributed by atoms with Crippen molar-refractivity contribution in [1.29, 1.82) is 0 Å². The molecule has 1 aromatic rings. The van der Waals surface area contributed by atoms with Gasteiger partial charge in [0.2, 0.25) is 10.1 Å². The van der Waals surface area contributed by atoms with E-state index in [1.165, 1.54) is 11.3 Å². The highest BCUT2D eigenvalue weighted by Gasteiger charge is 2.28. The van der Waals surface area contributed by atoms with Crippen LogP contribution in [-0.4, -0.2) is 51.1 Å². The maximum atomic E-state index is 12.4. The van der Waals surface area contributed by atoms with Crippen LogP contribution >= 0.6 is 23.1 Å². The molecule has 2 rings (SSSR count). The van der Waals surface area contributed by atoms with Gasteiger partial charge in [0, 0.05) is 30.1 Å². The molecule has 1 amide bonds. The minimum atomic E-state index is 0.0149. The average molecular weight is 300 g/mol. The quantitative estimate of drug-likeness (QED) is 0.925. The zero-order valence-corrected chi connectivity index (χ0v) is 13.2. The van der Waals surface area contributed by atoms with Gasteiger partial charge in [-0.05, 0) is 6.42 Å². The summed E-state index contributed by atoms with van der Waals surface area (Å²) in [5, 5.41) is 13.4. The number of amides is 1. The SMILES string of the molecule is CCCNc1nnc(C(=O)N2CC(C)SC(C)C2)s1. The number of carbonyl (C=O) groups excluding carboxylic acids is 1. The maximum Gasteiger partial charge on any atom is 0.284 e. The van der Waals surface area contributed by atoms with Crippen LogP contribution in [0.25, 0.3) is 0 Å². The third-order valence-corrected chi connectivity index (χ3v) is 4.94. The molecule has 0 bridgehead atoms. The summed E-state index contributed by atoms with van der Waals surface area (Å²) in [5.41, 5.74) is 0. The van der Waals surface area contributed by atoms with Crippen LogP contribution in [0, 0.1) is 0 Å². The lowest BCUT2D eigenvalue weighted by Crippen LogP contribution is -2.44. The second-order valence-electron chi connectivity index (χ2n) is 4.81. The summed E-state index contributed by atoms with van der Waals surface area (Å²) in [4.78, 5) is 14.3. The number of rotatable bonds is 4. The van der Waals surface area contributed by atoms with E-state index in [4.69, 9.17) is 0 Å². The van der Waals surface area contributed by atoms with Gasteiger partial charge in [0.1, 0.15) is 0 Å². The van der Waals surface area contributed by atoms with Crippen molar-refractivity contribution in [2.75, 3.05) is 25.0 Å². The van der Waals surface area contributed by atoms with Crippen LogP contribution in [0.4, 0.5) is 5.13 Å². The normalized spacial score (nSPS) is 23.4. The number of hydrogen-bond donors (Lipinski definition) is 1. The molecule has 2 unspecified atom stereocenters. The summed E-state index contributed by atoms with van der Waals surface area (Å²) in [6.07, 6.45) is 1.03. The van der Waals surface area contributed by atoms with Gasteiger partial charge in [-0.3, -0.25) is 4.79 Å². The smallest absolute Gasteiger partial charge is 0.284 e. The van der Waals surface area contributed by atoms with E-state index in [2.05, 4.69) is 36.3 Å². The van der Waals surface area contributed by atoms with Crippen molar-refractivity contribution < 1.29 is 4.79 Å². The molecule has 0 saturated carbocycles. The van der Waals surface area contributed by atoms with Crippen molar-refractivity contribution in [1.82, 2.24) is 15.1 Å². The Labute approximate surface area is 122 Å². The summed E-state index contributed by atoms with van der Waals surface area (Å²) in [6, 6.07) is 0. The van der Waals surface area contributed by atoms with Crippen LogP contribution in [0.1, 0.15) is 37.0 Å². The minimum absolute atomic E-state index is 0.0149. The topological polar surface area (TPSA) is 58.1 Å². The lowest BCUT2D eigenvalue weighted by molar-refractivity contribution is 0.0752. The van der Waals surface area contributed by atoms with E-state index in [1.54, 1.807) is 0 Å². The largest absolute Gasteiger partial charge is 0.360 e. The Hall–Kier alpha value is -0.820. The first kappa shape index (κ1) is 14.6. The van der Waals surface area contributed by atoms with E-state index in [9.17, 15) is 4.79 Å². The molecular formula is C12H20N4OS2. The minimum Gasteiger partial charge on any atom is -0.360 e. The molecule has 0 aromatic carbocycles. The van der Waals surface area contributed by atoms with Gasteiger partial charge in [-0.25, -0.2) is 0 Å². The third-order valence-electron chi connectivity index (χ3n) is 2.84. The van der Waals surface area contributed by atoms with Crippen molar-refractivity contribution in [3.05, 3.63) is 5.01 Å². The van der Waals surface area contributed by atoms with E-state index in [1.807, 2.05) is 16.7 Å². The highest BCUT2D eigenvalue weighted by atomic mass is 32.2. The fraction of sp³-hybridized carbons (Fsp3) is 0.750. The molecular weight excluding hydrogens is 280 g/mol. The van der Waals surface area contributed by atoms with Gasteiger partial charge in [-0.2, -0.15) is 11.8 Å². The number of aromatic nitrogens is 2. The predicted octanol–water partition coefficient (Wildman–Crippen LogP) is 2.33. The Morgan fingerprint density at radius 3 is 2.68 bits per heavy atom. The van der Waals surface area contributed by atoms with E-state index in [0.29, 0.717) is 15.5 Å². The number of anilines is 1. The molecule has 2 atom stereocenters. The molecule has 106 valence electrons. The summed E-state index contributed by atoms with van der Waals surface area (Å²) in [6.45, 7) is 8.87. The summed E-state index contributed by atoms with van der Waals surface area (Å²) in [7, 11) is 0. The van der Waals surface area contributed by atoms with Gasteiger partial charge in [0.15, 0.2) is 0 Å². The van der Waals surface area contributed by atoms with Gasteiger partial charge in [-0.1, -0.05) is 32.1 Å². The second-order valence-corrected chi connectivity index (χ2v) is 7.67. The molecule has 7 heteroatoms. The van der Waals surface area contributed by atoms with Crippen molar-refractivity contribution in [2.24, 2.45) is 0 Å². The zero-order valence-electron chi connectivity index (χ0n) is 11.5. The van der Waals surface area contributed by atoms with E-state index >= 15 is 0 Å². The summed E-state index contributed by atoms with van der Waals surface area (Å²) < 4.78 is 0. The average Bonchev–Trinajstić information content (AvgIpc) is 2.83. The second kappa shape index (κ2) is 6.56. The fourth-order valence-electron chi connectivity index (χ4n) is 2.09. The fourth-order valence-corrected chi connectivity index (χ4v) is 4.15. The molecule has 1 aromatic heterocycles. The van der Waals surface area contributed by atoms with Crippen molar-refractivity contribution in [2.45, 2.75) is 37.7 Å². The first-order valence-corrected chi connectivity index (χ1v) is 8.38. The van der Waals surface area contributed by atoms with Crippen molar-refractivity contribution in [3.8, 4) is 0 Å². The molecule has 1 fully saturated rings. The maximum absolute atomic E-state index is 12.4. The van der Waals surface area contributed by atoms with E-state index in [-0.39, 0.29) is 5.91 Å². The predicted molar refractivity (Wildman–Crippen MR) is 81.1 cm³/mol. The van der Waals surface area contributed by atoms with Gasteiger partial charge in [0.05, 0.1) is 0 Å². The molecule has 0 radical (unpaired) electrons. The van der Waals surface area contributed by atoms with Crippen LogP contribution < -0.4 is 5.32 Å². The van der Waals surface area contributed by atoms with E-state index < -0.39 is 0 Å².